The van der Waals surface area contributed by atoms with Gasteiger partial charge in [-0.05, 0) is 49.2 Å². The molecule has 0 aliphatic heterocycles. The van der Waals surface area contributed by atoms with Gasteiger partial charge in [0.15, 0.2) is 0 Å². The summed E-state index contributed by atoms with van der Waals surface area (Å²) in [5.74, 6) is 3.48. The van der Waals surface area contributed by atoms with E-state index in [0.717, 1.165) is 23.7 Å². The van der Waals surface area contributed by atoms with Crippen molar-refractivity contribution in [2.24, 2.45) is 23.7 Å². The lowest BCUT2D eigenvalue weighted by Gasteiger charge is -2.43. The summed E-state index contributed by atoms with van der Waals surface area (Å²) in [6.07, 6.45) is 5.61. The van der Waals surface area contributed by atoms with Crippen LogP contribution in [0.2, 0.25) is 0 Å². The molecule has 0 aromatic rings. The van der Waals surface area contributed by atoms with Crippen molar-refractivity contribution in [3.8, 4) is 0 Å². The molecule has 1 rings (SSSR count). The fourth-order valence-electron chi connectivity index (χ4n) is 2.18. The topological polar surface area (TPSA) is 0 Å². The average molecular weight is 164 g/mol. The highest BCUT2D eigenvalue weighted by atomic mass is 14.4. The van der Waals surface area contributed by atoms with E-state index in [1.54, 1.807) is 0 Å². The molecule has 12 heavy (non-hydrogen) atoms. The van der Waals surface area contributed by atoms with E-state index in [1.807, 2.05) is 13.0 Å². The van der Waals surface area contributed by atoms with E-state index in [4.69, 9.17) is 0 Å². The van der Waals surface area contributed by atoms with Crippen molar-refractivity contribution < 1.29 is 0 Å². The van der Waals surface area contributed by atoms with Crippen LogP contribution in [-0.4, -0.2) is 0 Å². The molecule has 3 unspecified atom stereocenters. The van der Waals surface area contributed by atoms with Gasteiger partial charge in [-0.15, -0.1) is 5.73 Å². The largest absolute Gasteiger partial charge is 0.130 e. The van der Waals surface area contributed by atoms with Crippen molar-refractivity contribution in [1.82, 2.24) is 0 Å². The Bertz CT molecular complexity index is 194. The quantitative estimate of drug-likeness (QED) is 0.546. The second-order valence-corrected chi connectivity index (χ2v) is 4.29. The fourth-order valence-corrected chi connectivity index (χ4v) is 2.18. The first-order valence-corrected chi connectivity index (χ1v) is 5.04. The molecule has 0 nitrogen and oxygen atoms in total. The van der Waals surface area contributed by atoms with Gasteiger partial charge in [0.05, 0.1) is 0 Å². The van der Waals surface area contributed by atoms with Crippen LogP contribution in [0, 0.1) is 23.7 Å². The first-order chi connectivity index (χ1) is 5.66. The van der Waals surface area contributed by atoms with Crippen LogP contribution in [0.1, 0.15) is 34.1 Å². The van der Waals surface area contributed by atoms with Gasteiger partial charge in [0.2, 0.25) is 0 Å². The summed E-state index contributed by atoms with van der Waals surface area (Å²) in [7, 11) is 0. The maximum absolute atomic E-state index is 3.19. The molecule has 0 amide bonds. The molecule has 0 radical (unpaired) electrons. The third-order valence-electron chi connectivity index (χ3n) is 3.23. The van der Waals surface area contributed by atoms with Gasteiger partial charge >= 0.3 is 0 Å². The summed E-state index contributed by atoms with van der Waals surface area (Å²) in [6.45, 7) is 9.06. The van der Waals surface area contributed by atoms with Crippen LogP contribution >= 0.6 is 0 Å². The minimum absolute atomic E-state index is 0.800. The Morgan fingerprint density at radius 2 is 2.08 bits per heavy atom. The zero-order chi connectivity index (χ0) is 9.14. The molecule has 0 heteroatoms. The Morgan fingerprint density at radius 1 is 1.42 bits per heavy atom. The minimum atomic E-state index is 0.800. The Hall–Kier alpha value is -0.480. The van der Waals surface area contributed by atoms with Crippen LogP contribution in [0.4, 0.5) is 0 Å². The van der Waals surface area contributed by atoms with Crippen molar-refractivity contribution in [3.05, 3.63) is 17.9 Å². The van der Waals surface area contributed by atoms with Crippen molar-refractivity contribution in [1.29, 1.82) is 0 Å². The molecule has 1 fully saturated rings. The molecule has 0 spiro atoms. The van der Waals surface area contributed by atoms with Gasteiger partial charge in [0.1, 0.15) is 0 Å². The summed E-state index contributed by atoms with van der Waals surface area (Å²) in [5, 5.41) is 0. The van der Waals surface area contributed by atoms with Gasteiger partial charge in [-0.3, -0.25) is 0 Å². The van der Waals surface area contributed by atoms with Crippen molar-refractivity contribution in [2.45, 2.75) is 34.1 Å². The maximum Gasteiger partial charge on any atom is -0.0126 e. The second kappa shape index (κ2) is 3.96. The Kier molecular flexibility index (Phi) is 3.17. The van der Waals surface area contributed by atoms with E-state index in [1.165, 1.54) is 6.42 Å². The maximum atomic E-state index is 3.19. The molecule has 1 aliphatic carbocycles. The molecular weight excluding hydrogens is 144 g/mol. The number of hydrogen-bond donors (Lipinski definition) is 0. The van der Waals surface area contributed by atoms with Gasteiger partial charge in [-0.1, -0.05) is 20.8 Å². The number of allylic oxidation sites excluding steroid dienone is 1. The number of rotatable bonds is 2. The molecule has 0 heterocycles. The lowest BCUT2D eigenvalue weighted by Crippen LogP contribution is -2.36. The lowest BCUT2D eigenvalue weighted by molar-refractivity contribution is 0.0817. The highest BCUT2D eigenvalue weighted by molar-refractivity contribution is 5.00. The first kappa shape index (κ1) is 9.61. The monoisotopic (exact) mass is 164 g/mol. The minimum Gasteiger partial charge on any atom is -0.130 e. The van der Waals surface area contributed by atoms with Gasteiger partial charge in [0, 0.05) is 0 Å². The molecule has 0 aromatic heterocycles. The predicted octanol–water partition coefficient (Wildman–Crippen LogP) is 3.65. The van der Waals surface area contributed by atoms with Crippen LogP contribution in [0.3, 0.4) is 0 Å². The summed E-state index contributed by atoms with van der Waals surface area (Å²) in [4.78, 5) is 0. The van der Waals surface area contributed by atoms with Crippen molar-refractivity contribution in [3.63, 3.8) is 0 Å². The summed E-state index contributed by atoms with van der Waals surface area (Å²) < 4.78 is 0. The first-order valence-electron chi connectivity index (χ1n) is 5.04. The number of hydrogen-bond acceptors (Lipinski definition) is 0. The van der Waals surface area contributed by atoms with E-state index >= 15 is 0 Å². The van der Waals surface area contributed by atoms with Gasteiger partial charge in [-0.2, -0.15) is 0 Å². The molecule has 0 N–H and O–H groups in total. The standard InChI is InChI=1S/C12H20/c1-5-6-7-11-8-12(9(2)3)10(11)4/h5,7,9-12H,8H2,1-4H3. The van der Waals surface area contributed by atoms with E-state index in [0.29, 0.717) is 0 Å². The molecule has 1 saturated carbocycles. The van der Waals surface area contributed by atoms with Crippen LogP contribution in [0.15, 0.2) is 17.9 Å². The van der Waals surface area contributed by atoms with Gasteiger partial charge in [0.25, 0.3) is 0 Å². The fraction of sp³-hybridized carbons (Fsp3) is 0.750. The van der Waals surface area contributed by atoms with E-state index in [-0.39, 0.29) is 0 Å². The van der Waals surface area contributed by atoms with E-state index < -0.39 is 0 Å². The highest BCUT2D eigenvalue weighted by Gasteiger charge is 2.37. The van der Waals surface area contributed by atoms with Gasteiger partial charge < -0.3 is 0 Å². The SMILES string of the molecule is CC=C=CC1CC(C(C)C)C1C. The molecular formula is C12H20. The highest BCUT2D eigenvalue weighted by Crippen LogP contribution is 2.44. The Morgan fingerprint density at radius 3 is 2.50 bits per heavy atom. The normalized spacial score (nSPS) is 33.9. The Labute approximate surface area is 76.4 Å². The molecule has 0 bridgehead atoms. The van der Waals surface area contributed by atoms with Crippen LogP contribution < -0.4 is 0 Å². The summed E-state index contributed by atoms with van der Waals surface area (Å²) in [5.41, 5.74) is 3.19. The van der Waals surface area contributed by atoms with Crippen LogP contribution in [0.25, 0.3) is 0 Å². The molecule has 0 saturated heterocycles. The summed E-state index contributed by atoms with van der Waals surface area (Å²) >= 11 is 0. The summed E-state index contributed by atoms with van der Waals surface area (Å²) in [6, 6.07) is 0. The lowest BCUT2D eigenvalue weighted by atomic mass is 9.61. The molecule has 1 aliphatic rings. The van der Waals surface area contributed by atoms with Gasteiger partial charge in [-0.25, -0.2) is 0 Å². The van der Waals surface area contributed by atoms with Crippen LogP contribution in [0.5, 0.6) is 0 Å². The zero-order valence-corrected chi connectivity index (χ0v) is 8.67. The van der Waals surface area contributed by atoms with Crippen LogP contribution in [-0.2, 0) is 0 Å². The molecule has 3 atom stereocenters. The predicted molar refractivity (Wildman–Crippen MR) is 53.9 cm³/mol. The smallest absolute Gasteiger partial charge is 0.0126 e. The Balaban J connectivity index is 2.43. The third-order valence-corrected chi connectivity index (χ3v) is 3.23. The van der Waals surface area contributed by atoms with E-state index in [9.17, 15) is 0 Å². The molecule has 68 valence electrons. The third kappa shape index (κ3) is 1.81. The second-order valence-electron chi connectivity index (χ2n) is 4.29. The van der Waals surface area contributed by atoms with Crippen molar-refractivity contribution in [2.75, 3.05) is 0 Å². The molecule has 0 aromatic carbocycles. The average Bonchev–Trinajstić information content (AvgIpc) is 2.01. The zero-order valence-electron chi connectivity index (χ0n) is 8.67. The van der Waals surface area contributed by atoms with Crippen molar-refractivity contribution >= 4 is 0 Å². The van der Waals surface area contributed by atoms with E-state index in [2.05, 4.69) is 32.6 Å².